The molecule has 1 heterocycles. The Morgan fingerprint density at radius 2 is 2.15 bits per heavy atom. The summed E-state index contributed by atoms with van der Waals surface area (Å²) in [6.07, 6.45) is 6.98. The maximum absolute atomic E-state index is 12.4. The Morgan fingerprint density at radius 3 is 2.75 bits per heavy atom. The first kappa shape index (κ1) is 14.5. The summed E-state index contributed by atoms with van der Waals surface area (Å²) in [5.41, 5.74) is 5.73. The minimum Gasteiger partial charge on any atom is -0.480 e. The highest BCUT2D eigenvalue weighted by Gasteiger charge is 2.30. The van der Waals surface area contributed by atoms with Crippen molar-refractivity contribution < 1.29 is 14.7 Å². The highest BCUT2D eigenvalue weighted by molar-refractivity contribution is 5.94. The fourth-order valence-electron chi connectivity index (χ4n) is 2.62. The van der Waals surface area contributed by atoms with Gasteiger partial charge in [-0.25, -0.2) is 4.98 Å². The number of carboxylic acids is 1. The van der Waals surface area contributed by atoms with Crippen LogP contribution < -0.4 is 5.73 Å². The molecule has 1 aliphatic rings. The molecule has 0 unspecified atom stereocenters. The highest BCUT2D eigenvalue weighted by Crippen LogP contribution is 2.24. The topological polar surface area (TPSA) is 101 Å². The number of hydrogen-bond donors (Lipinski definition) is 2. The molecule has 1 aromatic rings. The molecule has 3 N–H and O–H groups in total. The average molecular weight is 280 g/mol. The molecule has 0 radical (unpaired) electrons. The Hall–Kier alpha value is -1.89. The van der Waals surface area contributed by atoms with Crippen molar-refractivity contribution in [2.45, 2.75) is 38.3 Å². The Kier molecular flexibility index (Phi) is 4.73. The standard InChI is InChI=1S/C13H20N4O3/c14-5-6-16-7-11(15-9-16)13(20)17(8-12(18)19)10-3-1-2-4-10/h7,9-10H,1-6,8,14H2,(H,18,19). The van der Waals surface area contributed by atoms with Crippen LogP contribution >= 0.6 is 0 Å². The lowest BCUT2D eigenvalue weighted by Gasteiger charge is -2.26. The number of nitrogens with two attached hydrogens (primary N) is 1. The molecule has 7 heteroatoms. The number of amides is 1. The van der Waals surface area contributed by atoms with E-state index in [4.69, 9.17) is 10.8 Å². The van der Waals surface area contributed by atoms with Gasteiger partial charge < -0.3 is 20.3 Å². The second kappa shape index (κ2) is 6.51. The minimum atomic E-state index is -0.994. The molecular formula is C13H20N4O3. The van der Waals surface area contributed by atoms with Crippen LogP contribution in [0, 0.1) is 0 Å². The maximum atomic E-state index is 12.4. The van der Waals surface area contributed by atoms with Crippen molar-refractivity contribution in [3.8, 4) is 0 Å². The molecule has 1 saturated carbocycles. The fraction of sp³-hybridized carbons (Fsp3) is 0.615. The van der Waals surface area contributed by atoms with Crippen LogP contribution in [-0.4, -0.2) is 50.6 Å². The highest BCUT2D eigenvalue weighted by atomic mass is 16.4. The van der Waals surface area contributed by atoms with E-state index < -0.39 is 5.97 Å². The van der Waals surface area contributed by atoms with Crippen molar-refractivity contribution in [2.75, 3.05) is 13.1 Å². The quantitative estimate of drug-likeness (QED) is 0.781. The van der Waals surface area contributed by atoms with Crippen molar-refractivity contribution in [1.29, 1.82) is 0 Å². The van der Waals surface area contributed by atoms with Crippen molar-refractivity contribution in [2.24, 2.45) is 5.73 Å². The second-order valence-electron chi connectivity index (χ2n) is 5.05. The molecule has 1 aromatic heterocycles. The summed E-state index contributed by atoms with van der Waals surface area (Å²) < 4.78 is 1.74. The van der Waals surface area contributed by atoms with Crippen LogP contribution in [0.5, 0.6) is 0 Å². The number of carbonyl (C=O) groups excluding carboxylic acids is 1. The van der Waals surface area contributed by atoms with E-state index in [1.54, 1.807) is 17.1 Å². The summed E-state index contributed by atoms with van der Waals surface area (Å²) in [4.78, 5) is 28.9. The summed E-state index contributed by atoms with van der Waals surface area (Å²) >= 11 is 0. The van der Waals surface area contributed by atoms with Gasteiger partial charge in [0.05, 0.1) is 6.33 Å². The molecule has 20 heavy (non-hydrogen) atoms. The molecule has 0 bridgehead atoms. The number of aromatic nitrogens is 2. The smallest absolute Gasteiger partial charge is 0.323 e. The van der Waals surface area contributed by atoms with Gasteiger partial charge in [-0.15, -0.1) is 0 Å². The van der Waals surface area contributed by atoms with Crippen molar-refractivity contribution in [3.63, 3.8) is 0 Å². The maximum Gasteiger partial charge on any atom is 0.323 e. The summed E-state index contributed by atoms with van der Waals surface area (Å²) in [5.74, 6) is -1.30. The Labute approximate surface area is 117 Å². The molecule has 7 nitrogen and oxygen atoms in total. The van der Waals surface area contributed by atoms with Crippen LogP contribution in [0.2, 0.25) is 0 Å². The van der Waals surface area contributed by atoms with Gasteiger partial charge in [0.15, 0.2) is 0 Å². The molecular weight excluding hydrogens is 260 g/mol. The van der Waals surface area contributed by atoms with Gasteiger partial charge in [-0.1, -0.05) is 12.8 Å². The van der Waals surface area contributed by atoms with Gasteiger partial charge >= 0.3 is 5.97 Å². The van der Waals surface area contributed by atoms with E-state index in [0.717, 1.165) is 25.7 Å². The third-order valence-corrected chi connectivity index (χ3v) is 3.57. The monoisotopic (exact) mass is 280 g/mol. The Bertz CT molecular complexity index is 480. The summed E-state index contributed by atoms with van der Waals surface area (Å²) in [7, 11) is 0. The van der Waals surface area contributed by atoms with Gasteiger partial charge in [0.2, 0.25) is 0 Å². The van der Waals surface area contributed by atoms with Gasteiger partial charge in [0.1, 0.15) is 12.2 Å². The van der Waals surface area contributed by atoms with E-state index >= 15 is 0 Å². The second-order valence-corrected chi connectivity index (χ2v) is 5.05. The van der Waals surface area contributed by atoms with Crippen LogP contribution in [0.3, 0.4) is 0 Å². The predicted octanol–water partition coefficient (Wildman–Crippen LogP) is 0.311. The zero-order chi connectivity index (χ0) is 14.5. The fourth-order valence-corrected chi connectivity index (χ4v) is 2.62. The van der Waals surface area contributed by atoms with Gasteiger partial charge in [-0.3, -0.25) is 9.59 Å². The predicted molar refractivity (Wildman–Crippen MR) is 72.2 cm³/mol. The third-order valence-electron chi connectivity index (χ3n) is 3.57. The van der Waals surface area contributed by atoms with Gasteiger partial charge in [-0.05, 0) is 12.8 Å². The third kappa shape index (κ3) is 3.36. The first-order valence-corrected chi connectivity index (χ1v) is 6.86. The van der Waals surface area contributed by atoms with Crippen LogP contribution in [0.4, 0.5) is 0 Å². The molecule has 0 saturated heterocycles. The summed E-state index contributed by atoms with van der Waals surface area (Å²) in [6, 6.07) is 0.0123. The Morgan fingerprint density at radius 1 is 1.45 bits per heavy atom. The van der Waals surface area contributed by atoms with Gasteiger partial charge in [-0.2, -0.15) is 0 Å². The van der Waals surface area contributed by atoms with Crippen LogP contribution in [0.1, 0.15) is 36.2 Å². The number of rotatable bonds is 6. The van der Waals surface area contributed by atoms with Crippen LogP contribution in [-0.2, 0) is 11.3 Å². The lowest BCUT2D eigenvalue weighted by atomic mass is 10.2. The number of carboxylic acid groups (broad SMARTS) is 1. The van der Waals surface area contributed by atoms with Crippen LogP contribution in [0.15, 0.2) is 12.5 Å². The molecule has 0 atom stereocenters. The van der Waals surface area contributed by atoms with Crippen molar-refractivity contribution in [3.05, 3.63) is 18.2 Å². The number of carbonyl (C=O) groups is 2. The van der Waals surface area contributed by atoms with Gasteiger partial charge in [0, 0.05) is 25.3 Å². The molecule has 2 rings (SSSR count). The largest absolute Gasteiger partial charge is 0.480 e. The molecule has 1 aliphatic carbocycles. The van der Waals surface area contributed by atoms with E-state index in [1.165, 1.54) is 4.90 Å². The normalized spacial score (nSPS) is 15.4. The zero-order valence-electron chi connectivity index (χ0n) is 11.4. The number of hydrogen-bond acceptors (Lipinski definition) is 4. The lowest BCUT2D eigenvalue weighted by molar-refractivity contribution is -0.138. The molecule has 0 spiro atoms. The van der Waals surface area contributed by atoms with Crippen molar-refractivity contribution in [1.82, 2.24) is 14.5 Å². The summed E-state index contributed by atoms with van der Waals surface area (Å²) in [6.45, 7) is 0.779. The van der Waals surface area contributed by atoms with E-state index in [9.17, 15) is 9.59 Å². The average Bonchev–Trinajstić information content (AvgIpc) is 3.06. The molecule has 1 amide bonds. The molecule has 110 valence electrons. The summed E-state index contributed by atoms with van der Waals surface area (Å²) in [5, 5.41) is 8.99. The lowest BCUT2D eigenvalue weighted by Crippen LogP contribution is -2.42. The van der Waals surface area contributed by atoms with E-state index in [0.29, 0.717) is 13.1 Å². The van der Waals surface area contributed by atoms with E-state index in [1.807, 2.05) is 0 Å². The van der Waals surface area contributed by atoms with Crippen LogP contribution in [0.25, 0.3) is 0 Å². The zero-order valence-corrected chi connectivity index (χ0v) is 11.4. The number of aliphatic carboxylic acids is 1. The van der Waals surface area contributed by atoms with Gasteiger partial charge in [0.25, 0.3) is 5.91 Å². The Balaban J connectivity index is 2.13. The van der Waals surface area contributed by atoms with Crippen molar-refractivity contribution >= 4 is 11.9 Å². The molecule has 1 fully saturated rings. The van der Waals surface area contributed by atoms with E-state index in [2.05, 4.69) is 4.98 Å². The molecule has 0 aromatic carbocycles. The number of imidazole rings is 1. The number of nitrogens with zero attached hydrogens (tertiary/aromatic N) is 3. The molecule has 0 aliphatic heterocycles. The minimum absolute atomic E-state index is 0.0123. The van der Waals surface area contributed by atoms with E-state index in [-0.39, 0.29) is 24.2 Å². The first-order valence-electron chi connectivity index (χ1n) is 6.86. The SMILES string of the molecule is NCCn1cnc(C(=O)N(CC(=O)O)C2CCCC2)c1. The first-order chi connectivity index (χ1) is 9.61.